The average molecular weight is 256 g/mol. The fourth-order valence-corrected chi connectivity index (χ4v) is 1.46. The van der Waals surface area contributed by atoms with Crippen molar-refractivity contribution in [3.63, 3.8) is 0 Å². The third kappa shape index (κ3) is 4.28. The molecule has 0 aliphatic carbocycles. The highest BCUT2D eigenvalue weighted by molar-refractivity contribution is 5.32. The molecule has 0 aliphatic rings. The zero-order chi connectivity index (χ0) is 13.3. The molecule has 0 radical (unpaired) electrons. The predicted octanol–water partition coefficient (Wildman–Crippen LogP) is 4.37. The first kappa shape index (κ1) is 13.9. The van der Waals surface area contributed by atoms with E-state index in [1.54, 1.807) is 6.92 Å². The van der Waals surface area contributed by atoms with Gasteiger partial charge in [0.15, 0.2) is 0 Å². The molecule has 1 aromatic carbocycles. The lowest BCUT2D eigenvalue weighted by Crippen LogP contribution is -2.13. The summed E-state index contributed by atoms with van der Waals surface area (Å²) in [6.45, 7) is 1.59. The zero-order valence-corrected chi connectivity index (χ0v) is 8.91. The molecule has 0 N–H and O–H groups in total. The first-order valence-corrected chi connectivity index (χ1v) is 4.88. The van der Waals surface area contributed by atoms with Crippen molar-refractivity contribution in [1.29, 1.82) is 0 Å². The SMILES string of the molecule is CCc1cc(CC(F)(F)F)cc(C(F)(F)F)c1. The van der Waals surface area contributed by atoms with Crippen molar-refractivity contribution in [2.45, 2.75) is 32.1 Å². The van der Waals surface area contributed by atoms with E-state index in [9.17, 15) is 26.3 Å². The maximum absolute atomic E-state index is 12.4. The van der Waals surface area contributed by atoms with Crippen molar-refractivity contribution in [3.05, 3.63) is 34.9 Å². The summed E-state index contributed by atoms with van der Waals surface area (Å²) < 4.78 is 73.7. The molecule has 0 aliphatic heterocycles. The van der Waals surface area contributed by atoms with Crippen molar-refractivity contribution in [2.24, 2.45) is 0 Å². The van der Waals surface area contributed by atoms with Crippen molar-refractivity contribution >= 4 is 0 Å². The molecule has 0 fully saturated rings. The molecule has 1 aromatic rings. The van der Waals surface area contributed by atoms with E-state index in [-0.39, 0.29) is 17.5 Å². The van der Waals surface area contributed by atoms with Crippen LogP contribution in [-0.4, -0.2) is 6.18 Å². The minimum Gasteiger partial charge on any atom is -0.171 e. The molecular weight excluding hydrogens is 246 g/mol. The van der Waals surface area contributed by atoms with E-state index < -0.39 is 24.3 Å². The van der Waals surface area contributed by atoms with Crippen molar-refractivity contribution in [3.8, 4) is 0 Å². The molecule has 6 heteroatoms. The van der Waals surface area contributed by atoms with Crippen LogP contribution in [0, 0.1) is 0 Å². The van der Waals surface area contributed by atoms with Crippen LogP contribution in [0.5, 0.6) is 0 Å². The van der Waals surface area contributed by atoms with Gasteiger partial charge < -0.3 is 0 Å². The molecule has 96 valence electrons. The Labute approximate surface area is 94.2 Å². The van der Waals surface area contributed by atoms with E-state index in [1.165, 1.54) is 0 Å². The quantitative estimate of drug-likeness (QED) is 0.689. The van der Waals surface area contributed by atoms with Crippen molar-refractivity contribution in [1.82, 2.24) is 0 Å². The molecule has 0 amide bonds. The van der Waals surface area contributed by atoms with Gasteiger partial charge in [0, 0.05) is 0 Å². The van der Waals surface area contributed by atoms with Gasteiger partial charge in [-0.2, -0.15) is 26.3 Å². The van der Waals surface area contributed by atoms with Crippen LogP contribution in [-0.2, 0) is 19.0 Å². The predicted molar refractivity (Wildman–Crippen MR) is 50.6 cm³/mol. The Morgan fingerprint density at radius 2 is 1.41 bits per heavy atom. The second kappa shape index (κ2) is 4.58. The van der Waals surface area contributed by atoms with Gasteiger partial charge in [-0.3, -0.25) is 0 Å². The molecule has 0 aromatic heterocycles. The van der Waals surface area contributed by atoms with Crippen molar-refractivity contribution in [2.75, 3.05) is 0 Å². The highest BCUT2D eigenvalue weighted by Gasteiger charge is 2.33. The molecule has 17 heavy (non-hydrogen) atoms. The van der Waals surface area contributed by atoms with E-state index >= 15 is 0 Å². The summed E-state index contributed by atoms with van der Waals surface area (Å²) in [6, 6.07) is 2.58. The topological polar surface area (TPSA) is 0 Å². The molecule has 1 rings (SSSR count). The summed E-state index contributed by atoms with van der Waals surface area (Å²) in [4.78, 5) is 0. The molecule has 0 spiro atoms. The lowest BCUT2D eigenvalue weighted by atomic mass is 10.0. The highest BCUT2D eigenvalue weighted by atomic mass is 19.4. The van der Waals surface area contributed by atoms with Crippen LogP contribution >= 0.6 is 0 Å². The summed E-state index contributed by atoms with van der Waals surface area (Å²) in [5.74, 6) is 0. The highest BCUT2D eigenvalue weighted by Crippen LogP contribution is 2.32. The number of rotatable bonds is 2. The molecule has 0 nitrogen and oxygen atoms in total. The van der Waals surface area contributed by atoms with Crippen LogP contribution in [0.2, 0.25) is 0 Å². The molecular formula is C11H10F6. The van der Waals surface area contributed by atoms with Gasteiger partial charge in [-0.1, -0.05) is 13.0 Å². The Kier molecular flexibility index (Phi) is 3.74. The number of benzene rings is 1. The van der Waals surface area contributed by atoms with E-state index in [0.717, 1.165) is 12.1 Å². The van der Waals surface area contributed by atoms with E-state index in [1.807, 2.05) is 0 Å². The Bertz CT molecular complexity index is 388. The Hall–Kier alpha value is -1.20. The Balaban J connectivity index is 3.15. The second-order valence-electron chi connectivity index (χ2n) is 3.68. The van der Waals surface area contributed by atoms with E-state index in [0.29, 0.717) is 6.07 Å². The Morgan fingerprint density at radius 1 is 0.882 bits per heavy atom. The maximum Gasteiger partial charge on any atom is 0.416 e. The molecule has 0 atom stereocenters. The molecule has 0 bridgehead atoms. The van der Waals surface area contributed by atoms with Gasteiger partial charge in [0.25, 0.3) is 0 Å². The number of halogens is 6. The monoisotopic (exact) mass is 256 g/mol. The maximum atomic E-state index is 12.4. The van der Waals surface area contributed by atoms with Gasteiger partial charge in [0.05, 0.1) is 12.0 Å². The minimum atomic E-state index is -4.62. The van der Waals surface area contributed by atoms with Crippen molar-refractivity contribution < 1.29 is 26.3 Å². The lowest BCUT2D eigenvalue weighted by Gasteiger charge is -2.12. The number of alkyl halides is 6. The van der Waals surface area contributed by atoms with Gasteiger partial charge in [-0.15, -0.1) is 0 Å². The molecule has 0 saturated carbocycles. The molecule has 0 heterocycles. The summed E-state index contributed by atoms with van der Waals surface area (Å²) >= 11 is 0. The van der Waals surface area contributed by atoms with Crippen LogP contribution in [0.15, 0.2) is 18.2 Å². The minimum absolute atomic E-state index is 0.249. The molecule has 0 unspecified atom stereocenters. The lowest BCUT2D eigenvalue weighted by molar-refractivity contribution is -0.138. The number of hydrogen-bond donors (Lipinski definition) is 0. The Morgan fingerprint density at radius 3 is 1.82 bits per heavy atom. The third-order valence-corrected chi connectivity index (χ3v) is 2.19. The largest absolute Gasteiger partial charge is 0.416 e. The van der Waals surface area contributed by atoms with Crippen LogP contribution < -0.4 is 0 Å². The van der Waals surface area contributed by atoms with Gasteiger partial charge in [-0.05, 0) is 29.7 Å². The summed E-state index contributed by atoms with van der Waals surface area (Å²) in [6.07, 6.45) is -10.2. The van der Waals surface area contributed by atoms with Gasteiger partial charge in [0.1, 0.15) is 0 Å². The van der Waals surface area contributed by atoms with E-state index in [2.05, 4.69) is 0 Å². The van der Waals surface area contributed by atoms with Gasteiger partial charge in [0.2, 0.25) is 0 Å². The third-order valence-electron chi connectivity index (χ3n) is 2.19. The zero-order valence-electron chi connectivity index (χ0n) is 8.91. The van der Waals surface area contributed by atoms with Gasteiger partial charge in [-0.25, -0.2) is 0 Å². The fraction of sp³-hybridized carbons (Fsp3) is 0.455. The summed E-state index contributed by atoms with van der Waals surface area (Å²) in [5, 5.41) is 0. The normalized spacial score (nSPS) is 12.9. The molecule has 0 saturated heterocycles. The first-order chi connectivity index (χ1) is 7.62. The first-order valence-electron chi connectivity index (χ1n) is 4.88. The van der Waals surface area contributed by atoms with Crippen LogP contribution in [0.25, 0.3) is 0 Å². The van der Waals surface area contributed by atoms with Crippen LogP contribution in [0.3, 0.4) is 0 Å². The standard InChI is InChI=1S/C11H10F6/c1-2-7-3-8(6-10(12,13)14)5-9(4-7)11(15,16)17/h3-5H,2,6H2,1H3. The smallest absolute Gasteiger partial charge is 0.171 e. The van der Waals surface area contributed by atoms with Crippen LogP contribution in [0.1, 0.15) is 23.6 Å². The summed E-state index contributed by atoms with van der Waals surface area (Å²) in [5.41, 5.74) is -1.14. The number of aryl methyl sites for hydroxylation is 1. The number of hydrogen-bond acceptors (Lipinski definition) is 0. The average Bonchev–Trinajstić information content (AvgIpc) is 2.13. The van der Waals surface area contributed by atoms with E-state index in [4.69, 9.17) is 0 Å². The fourth-order valence-electron chi connectivity index (χ4n) is 1.46. The van der Waals surface area contributed by atoms with Crippen LogP contribution in [0.4, 0.5) is 26.3 Å². The van der Waals surface area contributed by atoms with Gasteiger partial charge >= 0.3 is 12.4 Å². The summed E-state index contributed by atoms with van der Waals surface area (Å²) in [7, 11) is 0. The second-order valence-corrected chi connectivity index (χ2v) is 3.68.